The lowest BCUT2D eigenvalue weighted by atomic mass is 10.1. The Balaban J connectivity index is 0.00000161. The fourth-order valence-corrected chi connectivity index (χ4v) is 3.38. The van der Waals surface area contributed by atoms with Gasteiger partial charge in [0.15, 0.2) is 11.6 Å². The fraction of sp³-hybridized carbons (Fsp3) is 0.625. The number of benzene rings is 1. The Hall–Kier alpha value is -0.870. The third-order valence-electron chi connectivity index (χ3n) is 4.60. The van der Waals surface area contributed by atoms with E-state index in [9.17, 15) is 8.78 Å². The van der Waals surface area contributed by atoms with Crippen molar-refractivity contribution in [1.82, 2.24) is 5.32 Å². The van der Waals surface area contributed by atoms with Gasteiger partial charge >= 0.3 is 0 Å². The SMILES string of the molecule is Cl.Fc1ccc(N2CCC(CNC3CCCC3)C2)cc1F. The molecule has 0 radical (unpaired) electrons. The first-order chi connectivity index (χ1) is 9.72. The summed E-state index contributed by atoms with van der Waals surface area (Å²) in [6.07, 6.45) is 6.44. The van der Waals surface area contributed by atoms with Crippen LogP contribution in [0.15, 0.2) is 18.2 Å². The van der Waals surface area contributed by atoms with Crippen LogP contribution in [0.25, 0.3) is 0 Å². The van der Waals surface area contributed by atoms with E-state index in [1.54, 1.807) is 6.07 Å². The number of nitrogens with one attached hydrogen (secondary N) is 1. The van der Waals surface area contributed by atoms with Crippen LogP contribution in [-0.2, 0) is 0 Å². The van der Waals surface area contributed by atoms with E-state index < -0.39 is 11.6 Å². The first kappa shape index (κ1) is 16.5. The van der Waals surface area contributed by atoms with E-state index >= 15 is 0 Å². The van der Waals surface area contributed by atoms with Gasteiger partial charge < -0.3 is 10.2 Å². The summed E-state index contributed by atoms with van der Waals surface area (Å²) in [5, 5.41) is 3.66. The molecule has 1 saturated carbocycles. The summed E-state index contributed by atoms with van der Waals surface area (Å²) in [5.41, 5.74) is 0.798. The number of anilines is 1. The average molecular weight is 317 g/mol. The van der Waals surface area contributed by atoms with Gasteiger partial charge in [0.25, 0.3) is 0 Å². The predicted molar refractivity (Wildman–Crippen MR) is 84.2 cm³/mol. The van der Waals surface area contributed by atoms with Crippen LogP contribution >= 0.6 is 12.4 Å². The molecule has 21 heavy (non-hydrogen) atoms. The van der Waals surface area contributed by atoms with Crippen LogP contribution in [0.5, 0.6) is 0 Å². The summed E-state index contributed by atoms with van der Waals surface area (Å²) in [6.45, 7) is 2.91. The van der Waals surface area contributed by atoms with Gasteiger partial charge in [-0.15, -0.1) is 12.4 Å². The second kappa shape index (κ2) is 7.41. The Morgan fingerprint density at radius 3 is 2.57 bits per heavy atom. The second-order valence-corrected chi connectivity index (χ2v) is 6.09. The summed E-state index contributed by atoms with van der Waals surface area (Å²) < 4.78 is 26.2. The van der Waals surface area contributed by atoms with Gasteiger partial charge in [-0.2, -0.15) is 0 Å². The molecule has 1 unspecified atom stereocenters. The van der Waals surface area contributed by atoms with E-state index in [2.05, 4.69) is 10.2 Å². The quantitative estimate of drug-likeness (QED) is 0.910. The molecular formula is C16H23ClF2N2. The van der Waals surface area contributed by atoms with Crippen LogP contribution in [0.2, 0.25) is 0 Å². The predicted octanol–water partition coefficient (Wildman–Crippen LogP) is 3.75. The summed E-state index contributed by atoms with van der Waals surface area (Å²) in [7, 11) is 0. The first-order valence-corrected chi connectivity index (χ1v) is 7.66. The van der Waals surface area contributed by atoms with Crippen molar-refractivity contribution < 1.29 is 8.78 Å². The van der Waals surface area contributed by atoms with Crippen molar-refractivity contribution in [3.8, 4) is 0 Å². The number of hydrogen-bond acceptors (Lipinski definition) is 2. The van der Waals surface area contributed by atoms with Crippen LogP contribution < -0.4 is 10.2 Å². The lowest BCUT2D eigenvalue weighted by molar-refractivity contribution is 0.450. The minimum atomic E-state index is -0.771. The molecule has 2 nitrogen and oxygen atoms in total. The van der Waals surface area contributed by atoms with Crippen LogP contribution in [-0.4, -0.2) is 25.7 Å². The summed E-state index contributed by atoms with van der Waals surface area (Å²) in [5.74, 6) is -0.911. The van der Waals surface area contributed by atoms with Gasteiger partial charge in [-0.1, -0.05) is 12.8 Å². The van der Waals surface area contributed by atoms with Crippen molar-refractivity contribution in [2.75, 3.05) is 24.5 Å². The molecule has 5 heteroatoms. The molecule has 0 spiro atoms. The highest BCUT2D eigenvalue weighted by Gasteiger charge is 2.24. The zero-order valence-corrected chi connectivity index (χ0v) is 13.0. The molecule has 0 amide bonds. The Morgan fingerprint density at radius 1 is 1.10 bits per heavy atom. The molecule has 0 aromatic heterocycles. The second-order valence-electron chi connectivity index (χ2n) is 6.09. The van der Waals surface area contributed by atoms with Crippen molar-refractivity contribution in [3.63, 3.8) is 0 Å². The molecule has 1 aliphatic heterocycles. The van der Waals surface area contributed by atoms with E-state index in [0.29, 0.717) is 12.0 Å². The summed E-state index contributed by atoms with van der Waals surface area (Å²) in [6, 6.07) is 4.90. The maximum atomic E-state index is 13.3. The van der Waals surface area contributed by atoms with Crippen molar-refractivity contribution in [2.24, 2.45) is 5.92 Å². The number of nitrogens with zero attached hydrogens (tertiary/aromatic N) is 1. The monoisotopic (exact) mass is 316 g/mol. The Labute approximate surface area is 131 Å². The van der Waals surface area contributed by atoms with Crippen molar-refractivity contribution in [1.29, 1.82) is 0 Å². The molecule has 1 N–H and O–H groups in total. The van der Waals surface area contributed by atoms with Gasteiger partial charge in [0.1, 0.15) is 0 Å². The van der Waals surface area contributed by atoms with Crippen molar-refractivity contribution in [2.45, 2.75) is 38.1 Å². The third kappa shape index (κ3) is 4.07. The third-order valence-corrected chi connectivity index (χ3v) is 4.60. The molecule has 1 aromatic rings. The van der Waals surface area contributed by atoms with Crippen molar-refractivity contribution in [3.05, 3.63) is 29.8 Å². The van der Waals surface area contributed by atoms with Gasteiger partial charge in [0.05, 0.1) is 0 Å². The van der Waals surface area contributed by atoms with Gasteiger partial charge in [0, 0.05) is 30.9 Å². The highest BCUT2D eigenvalue weighted by molar-refractivity contribution is 5.85. The van der Waals surface area contributed by atoms with Gasteiger partial charge in [0.2, 0.25) is 0 Å². The minimum absolute atomic E-state index is 0. The average Bonchev–Trinajstić information content (AvgIpc) is 3.10. The molecule has 1 atom stereocenters. The molecule has 118 valence electrons. The maximum Gasteiger partial charge on any atom is 0.160 e. The number of hydrogen-bond donors (Lipinski definition) is 1. The number of rotatable bonds is 4. The van der Waals surface area contributed by atoms with Crippen molar-refractivity contribution >= 4 is 18.1 Å². The normalized spacial score (nSPS) is 22.6. The lowest BCUT2D eigenvalue weighted by Crippen LogP contribution is -2.32. The molecule has 2 aliphatic rings. The van der Waals surface area contributed by atoms with E-state index in [-0.39, 0.29) is 12.4 Å². The fourth-order valence-electron chi connectivity index (χ4n) is 3.38. The molecule has 1 aliphatic carbocycles. The zero-order chi connectivity index (χ0) is 13.9. The molecule has 0 bridgehead atoms. The van der Waals surface area contributed by atoms with Crippen LogP contribution in [0.3, 0.4) is 0 Å². The maximum absolute atomic E-state index is 13.3. The van der Waals surface area contributed by atoms with Gasteiger partial charge in [-0.3, -0.25) is 0 Å². The Morgan fingerprint density at radius 2 is 1.86 bits per heavy atom. The molecule has 1 heterocycles. The topological polar surface area (TPSA) is 15.3 Å². The molecule has 1 aromatic carbocycles. The number of halogens is 3. The molecule has 3 rings (SSSR count). The molecule has 2 fully saturated rings. The first-order valence-electron chi connectivity index (χ1n) is 7.66. The van der Waals surface area contributed by atoms with E-state index in [1.807, 2.05) is 0 Å². The van der Waals surface area contributed by atoms with E-state index in [0.717, 1.165) is 31.7 Å². The largest absolute Gasteiger partial charge is 0.371 e. The molecular weight excluding hydrogens is 294 g/mol. The highest BCUT2D eigenvalue weighted by Crippen LogP contribution is 2.25. The smallest absolute Gasteiger partial charge is 0.160 e. The van der Waals surface area contributed by atoms with E-state index in [4.69, 9.17) is 0 Å². The van der Waals surface area contributed by atoms with Crippen LogP contribution in [0.1, 0.15) is 32.1 Å². The summed E-state index contributed by atoms with van der Waals surface area (Å²) >= 11 is 0. The standard InChI is InChI=1S/C16H22F2N2.ClH/c17-15-6-5-14(9-16(15)18)20-8-7-12(11-20)10-19-13-3-1-2-4-13;/h5-6,9,12-13,19H,1-4,7-8,10-11H2;1H. The molecule has 1 saturated heterocycles. The Kier molecular flexibility index (Phi) is 5.82. The van der Waals surface area contributed by atoms with Gasteiger partial charge in [-0.25, -0.2) is 8.78 Å². The summed E-state index contributed by atoms with van der Waals surface area (Å²) in [4.78, 5) is 2.16. The Bertz CT molecular complexity index is 464. The minimum Gasteiger partial charge on any atom is -0.371 e. The zero-order valence-electron chi connectivity index (χ0n) is 12.2. The lowest BCUT2D eigenvalue weighted by Gasteiger charge is -2.20. The van der Waals surface area contributed by atoms with Crippen LogP contribution in [0.4, 0.5) is 14.5 Å². The van der Waals surface area contributed by atoms with E-state index in [1.165, 1.54) is 37.8 Å². The highest BCUT2D eigenvalue weighted by atomic mass is 35.5. The van der Waals surface area contributed by atoms with Crippen LogP contribution in [0, 0.1) is 17.6 Å². The van der Waals surface area contributed by atoms with Gasteiger partial charge in [-0.05, 0) is 43.9 Å².